The lowest BCUT2D eigenvalue weighted by molar-refractivity contribution is -0.132. The van der Waals surface area contributed by atoms with Crippen molar-refractivity contribution in [3.8, 4) is 11.5 Å². The Hall–Kier alpha value is -8.35. The summed E-state index contributed by atoms with van der Waals surface area (Å²) in [6.45, 7) is 8.75. The smallest absolute Gasteiger partial charge is 0.445 e. The number of urea groups is 1. The number of nitrogens with zero attached hydrogens (tertiary/aromatic N) is 4. The number of nitrogens with two attached hydrogens (primary N) is 2. The number of rotatable bonds is 48. The number of ether oxygens (including phenoxy) is 10. The number of primary amides is 1. The van der Waals surface area contributed by atoms with Gasteiger partial charge < -0.3 is 104 Å². The van der Waals surface area contributed by atoms with Gasteiger partial charge in [0.2, 0.25) is 17.7 Å². The van der Waals surface area contributed by atoms with Gasteiger partial charge in [0.1, 0.15) is 30.2 Å². The van der Waals surface area contributed by atoms with E-state index in [1.54, 1.807) is 97.6 Å². The molecule has 5 aromatic carbocycles. The fraction of sp³-hybridized carbons (Fsp3) is 0.493. The Kier molecular flexibility index (Phi) is 36.1. The Morgan fingerprint density at radius 1 is 0.604 bits per heavy atom. The van der Waals surface area contributed by atoms with Crippen LogP contribution in [0.4, 0.5) is 31.4 Å². The van der Waals surface area contributed by atoms with E-state index in [0.29, 0.717) is 116 Å². The highest BCUT2D eigenvalue weighted by molar-refractivity contribution is 7.46. The standard InChI is InChI=1S/C75H99Cl2N10O22PS/c1-49(2)68(83-65(88)21-28-101-32-34-103-36-38-105-40-41-106-39-37-104-35-33-102-29-22-78)70(90)82-58(14-9-23-80-73(79)93)69(89)81-53-17-15-50(16-18-53)48-107-74(94)84(26-30-99-3)24-25-85(27-31-100-4)75(95)108-61-42-59-66(56-12-7-5-10-54(56)61)51(44-76)46-86(59)71(91)63-19-20-64(111-63)72(92)87-47-52(45-77)67-57-13-8-6-11-55(57)62(43-60(67)87)109-110(96,97)98/h5-8,10-13,15-20,42-43,49,51-52,58,68H,9,14,21-41,44-48,78H2,1-4H3,(H,81,89)(H,82,90)(H,83,88)(H3,79,80,93)(H2,96,97,98)/t51-,52-,58?,68+/m1/s1. The van der Waals surface area contributed by atoms with Crippen LogP contribution in [0.25, 0.3) is 21.5 Å². The highest BCUT2D eigenvalue weighted by Crippen LogP contribution is 2.50. The van der Waals surface area contributed by atoms with Crippen molar-refractivity contribution in [2.75, 3.05) is 186 Å². The molecule has 6 aromatic rings. The molecular weight excluding hydrogens is 1530 g/mol. The molecule has 9 amide bonds. The normalized spacial score (nSPS) is 14.4. The first-order valence-electron chi connectivity index (χ1n) is 36.4. The second kappa shape index (κ2) is 45.4. The maximum absolute atomic E-state index is 14.9. The number of phosphoric ester groups is 1. The third-order valence-corrected chi connectivity index (χ3v) is 20.1. The quantitative estimate of drug-likeness (QED) is 0.0103. The first kappa shape index (κ1) is 88.2. The van der Waals surface area contributed by atoms with Crippen molar-refractivity contribution < 1.29 is 105 Å². The summed E-state index contributed by atoms with van der Waals surface area (Å²) in [5.41, 5.74) is 13.8. The first-order valence-corrected chi connectivity index (χ1v) is 39.8. The van der Waals surface area contributed by atoms with E-state index in [4.69, 9.17) is 86.6 Å². The van der Waals surface area contributed by atoms with Crippen molar-refractivity contribution >= 4 is 129 Å². The predicted octanol–water partition coefficient (Wildman–Crippen LogP) is 7.69. The van der Waals surface area contributed by atoms with Gasteiger partial charge in [-0.15, -0.1) is 34.5 Å². The van der Waals surface area contributed by atoms with Gasteiger partial charge in [-0.3, -0.25) is 33.8 Å². The molecule has 8 rings (SSSR count). The minimum absolute atomic E-state index is 0.0374. The molecule has 606 valence electrons. The molecule has 0 aliphatic carbocycles. The van der Waals surface area contributed by atoms with E-state index < -0.39 is 67.7 Å². The highest BCUT2D eigenvalue weighted by atomic mass is 35.5. The summed E-state index contributed by atoms with van der Waals surface area (Å²) in [6.07, 6.45) is -1.26. The molecule has 1 aromatic heterocycles. The molecule has 0 fully saturated rings. The van der Waals surface area contributed by atoms with Gasteiger partial charge in [0.25, 0.3) is 11.8 Å². The van der Waals surface area contributed by atoms with Crippen LogP contribution in [0.5, 0.6) is 11.5 Å². The third-order valence-electron chi connectivity index (χ3n) is 17.9. The van der Waals surface area contributed by atoms with Gasteiger partial charge >= 0.3 is 26.0 Å². The molecule has 4 atom stereocenters. The summed E-state index contributed by atoms with van der Waals surface area (Å²) in [7, 11) is -2.08. The molecule has 0 radical (unpaired) electrons. The Labute approximate surface area is 657 Å². The average Bonchev–Trinajstić information content (AvgIpc) is 1.63. The molecule has 0 spiro atoms. The second-order valence-corrected chi connectivity index (χ2v) is 28.9. The molecule has 10 N–H and O–H groups in total. The Bertz CT molecular complexity index is 4120. The van der Waals surface area contributed by atoms with Crippen LogP contribution in [0.15, 0.2) is 97.1 Å². The van der Waals surface area contributed by atoms with E-state index in [0.717, 1.165) is 16.9 Å². The average molecular weight is 1630 g/mol. The largest absolute Gasteiger partial charge is 0.524 e. The number of methoxy groups -OCH3 is 2. The summed E-state index contributed by atoms with van der Waals surface area (Å²) in [5.74, 6) is -3.39. The minimum Gasteiger partial charge on any atom is -0.445 e. The molecule has 32 nitrogen and oxygen atoms in total. The zero-order chi connectivity index (χ0) is 79.8. The monoisotopic (exact) mass is 1620 g/mol. The number of benzene rings is 5. The predicted molar refractivity (Wildman–Crippen MR) is 417 cm³/mol. The molecular formula is C75H99Cl2N10O22PS. The van der Waals surface area contributed by atoms with Gasteiger partial charge in [0.05, 0.1) is 114 Å². The van der Waals surface area contributed by atoms with Crippen LogP contribution in [-0.4, -0.2) is 250 Å². The van der Waals surface area contributed by atoms with Crippen LogP contribution in [0, 0.1) is 5.92 Å². The summed E-state index contributed by atoms with van der Waals surface area (Å²) in [5, 5.41) is 13.1. The van der Waals surface area contributed by atoms with Gasteiger partial charge in [-0.05, 0) is 70.5 Å². The second-order valence-electron chi connectivity index (χ2n) is 26.1. The SMILES string of the molecule is COCCN(CCN(CCOC)C(=O)Oc1cc2c(c3ccccc13)[C@H](CCl)CN2C(=O)c1ccc(C(=O)N2C[C@@H](CCl)c3c2cc(OP(=O)(O)O)c2ccccc32)s1)C(=O)OCc1ccc(NC(=O)C(CCCNC(N)=O)NC(=O)[C@@H](NC(=O)CCOCCOCCOCCOCCOCCOCCN)C(C)C)cc1. The Morgan fingerprint density at radius 2 is 1.08 bits per heavy atom. The van der Waals surface area contributed by atoms with Crippen molar-refractivity contribution in [2.24, 2.45) is 17.4 Å². The lowest BCUT2D eigenvalue weighted by Gasteiger charge is -2.27. The molecule has 111 heavy (non-hydrogen) atoms. The van der Waals surface area contributed by atoms with Gasteiger partial charge in [0, 0.05) is 125 Å². The van der Waals surface area contributed by atoms with E-state index >= 15 is 0 Å². The van der Waals surface area contributed by atoms with Crippen molar-refractivity contribution in [3.63, 3.8) is 0 Å². The number of hydrogen-bond donors (Lipinski definition) is 8. The number of halogens is 2. The summed E-state index contributed by atoms with van der Waals surface area (Å²) < 4.78 is 72.8. The molecule has 0 saturated carbocycles. The van der Waals surface area contributed by atoms with E-state index in [9.17, 15) is 52.7 Å². The van der Waals surface area contributed by atoms with Gasteiger partial charge in [-0.2, -0.15) is 0 Å². The Balaban J connectivity index is 0.840. The number of alkyl halides is 2. The molecule has 3 heterocycles. The number of amides is 9. The molecule has 0 saturated heterocycles. The van der Waals surface area contributed by atoms with Crippen LogP contribution in [0.1, 0.15) is 81.0 Å². The van der Waals surface area contributed by atoms with E-state index in [-0.39, 0.29) is 155 Å². The number of carbonyl (C=O) groups is 8. The number of phosphoric acid groups is 1. The van der Waals surface area contributed by atoms with Crippen molar-refractivity contribution in [2.45, 2.75) is 63.6 Å². The number of carbonyl (C=O) groups excluding carboxylic acids is 8. The van der Waals surface area contributed by atoms with Gasteiger partial charge in [0.15, 0.2) is 0 Å². The van der Waals surface area contributed by atoms with Crippen molar-refractivity contribution in [3.05, 3.63) is 124 Å². The fourth-order valence-corrected chi connectivity index (χ4v) is 14.2. The third kappa shape index (κ3) is 26.4. The molecule has 0 bridgehead atoms. The summed E-state index contributed by atoms with van der Waals surface area (Å²) >= 11 is 14.1. The van der Waals surface area contributed by atoms with Gasteiger partial charge in [-0.25, -0.2) is 18.9 Å². The van der Waals surface area contributed by atoms with Crippen LogP contribution < -0.4 is 51.8 Å². The number of hydrogen-bond acceptors (Lipinski definition) is 22. The summed E-state index contributed by atoms with van der Waals surface area (Å²) in [4.78, 5) is 136. The van der Waals surface area contributed by atoms with Crippen molar-refractivity contribution in [1.82, 2.24) is 25.8 Å². The maximum atomic E-state index is 14.9. The van der Waals surface area contributed by atoms with Crippen LogP contribution >= 0.6 is 42.4 Å². The van der Waals surface area contributed by atoms with Crippen LogP contribution in [0.3, 0.4) is 0 Å². The summed E-state index contributed by atoms with van der Waals surface area (Å²) in [6, 6.07) is 23.8. The lowest BCUT2D eigenvalue weighted by atomic mass is 9.95. The number of thiophene rings is 1. The zero-order valence-electron chi connectivity index (χ0n) is 62.5. The molecule has 1 unspecified atom stereocenters. The molecule has 2 aliphatic rings. The van der Waals surface area contributed by atoms with Crippen LogP contribution in [0.2, 0.25) is 0 Å². The first-order chi connectivity index (χ1) is 53.6. The van der Waals surface area contributed by atoms with E-state index in [1.165, 1.54) is 35.0 Å². The lowest BCUT2D eigenvalue weighted by Crippen LogP contribution is -2.54. The maximum Gasteiger partial charge on any atom is 0.524 e. The van der Waals surface area contributed by atoms with E-state index in [2.05, 4.69) is 21.3 Å². The number of nitrogens with one attached hydrogen (secondary N) is 4. The minimum atomic E-state index is -5.02. The van der Waals surface area contributed by atoms with Crippen molar-refractivity contribution in [1.29, 1.82) is 0 Å². The molecule has 36 heteroatoms. The number of anilines is 3. The van der Waals surface area contributed by atoms with Crippen LogP contribution in [-0.2, 0) is 68.2 Å². The number of fused-ring (bicyclic) bond motifs is 6. The molecule has 2 aliphatic heterocycles. The fourth-order valence-electron chi connectivity index (χ4n) is 12.4. The van der Waals surface area contributed by atoms with Gasteiger partial charge in [-0.1, -0.05) is 74.5 Å². The highest BCUT2D eigenvalue weighted by Gasteiger charge is 2.40. The topological polar surface area (TPSA) is 409 Å². The Morgan fingerprint density at radius 3 is 1.56 bits per heavy atom. The van der Waals surface area contributed by atoms with E-state index in [1.807, 2.05) is 12.1 Å². The zero-order valence-corrected chi connectivity index (χ0v) is 65.8.